The van der Waals surface area contributed by atoms with Crippen molar-refractivity contribution in [2.75, 3.05) is 19.6 Å². The molecule has 1 aromatic heterocycles. The molecule has 2 unspecified atom stereocenters. The maximum absolute atomic E-state index is 12.3. The second-order valence-corrected chi connectivity index (χ2v) is 8.51. The molecule has 0 spiro atoms. The minimum absolute atomic E-state index is 0.184. The molecule has 1 aliphatic rings. The van der Waals surface area contributed by atoms with Gasteiger partial charge in [-0.25, -0.2) is 4.79 Å². The first-order chi connectivity index (χ1) is 10.8. The minimum Gasteiger partial charge on any atom is -0.444 e. The molecule has 1 N–H and O–H groups in total. The van der Waals surface area contributed by atoms with Gasteiger partial charge in [-0.15, -0.1) is 11.3 Å². The van der Waals surface area contributed by atoms with Gasteiger partial charge >= 0.3 is 6.09 Å². The van der Waals surface area contributed by atoms with Gasteiger partial charge in [-0.2, -0.15) is 0 Å². The van der Waals surface area contributed by atoms with Gasteiger partial charge in [-0.05, 0) is 70.0 Å². The number of carbonyl (C=O) groups is 1. The highest BCUT2D eigenvalue weighted by molar-refractivity contribution is 7.10. The van der Waals surface area contributed by atoms with Crippen LogP contribution in [0.5, 0.6) is 0 Å². The van der Waals surface area contributed by atoms with E-state index in [1.165, 1.54) is 10.4 Å². The standard InChI is InChI=1S/C18H30N2O2S/c1-6-8-19-16(15-10-13(2)23-12-15)14-7-9-20(11-14)17(21)22-18(3,4)5/h10,12,14,16,19H,6-9,11H2,1-5H3. The highest BCUT2D eigenvalue weighted by atomic mass is 32.1. The third-order valence-corrected chi connectivity index (χ3v) is 4.95. The number of amides is 1. The Morgan fingerprint density at radius 1 is 1.52 bits per heavy atom. The van der Waals surface area contributed by atoms with E-state index in [0.29, 0.717) is 12.0 Å². The fourth-order valence-corrected chi connectivity index (χ4v) is 3.78. The molecule has 0 saturated carbocycles. The summed E-state index contributed by atoms with van der Waals surface area (Å²) in [5, 5.41) is 5.93. The molecule has 130 valence electrons. The van der Waals surface area contributed by atoms with Crippen LogP contribution in [0.25, 0.3) is 0 Å². The van der Waals surface area contributed by atoms with Crippen LogP contribution >= 0.6 is 11.3 Å². The molecule has 0 aromatic carbocycles. The Morgan fingerprint density at radius 2 is 2.26 bits per heavy atom. The predicted octanol–water partition coefficient (Wildman–Crippen LogP) is 4.35. The molecule has 2 rings (SSSR count). The van der Waals surface area contributed by atoms with E-state index < -0.39 is 5.60 Å². The van der Waals surface area contributed by atoms with Crippen molar-refractivity contribution >= 4 is 17.4 Å². The van der Waals surface area contributed by atoms with Crippen molar-refractivity contribution in [2.45, 2.75) is 59.1 Å². The summed E-state index contributed by atoms with van der Waals surface area (Å²) in [5.74, 6) is 0.447. The van der Waals surface area contributed by atoms with Gasteiger partial charge in [0, 0.05) is 24.0 Å². The molecular weight excluding hydrogens is 308 g/mol. The van der Waals surface area contributed by atoms with E-state index >= 15 is 0 Å². The largest absolute Gasteiger partial charge is 0.444 e. The number of hydrogen-bond donors (Lipinski definition) is 1. The van der Waals surface area contributed by atoms with Gasteiger partial charge in [0.15, 0.2) is 0 Å². The molecule has 4 nitrogen and oxygen atoms in total. The van der Waals surface area contributed by atoms with Crippen LogP contribution in [0.3, 0.4) is 0 Å². The van der Waals surface area contributed by atoms with Gasteiger partial charge in [-0.1, -0.05) is 6.92 Å². The van der Waals surface area contributed by atoms with Gasteiger partial charge in [0.25, 0.3) is 0 Å². The average molecular weight is 339 g/mol. The Labute approximate surface area is 144 Å². The Hall–Kier alpha value is -1.07. The van der Waals surface area contributed by atoms with E-state index in [4.69, 9.17) is 4.74 Å². The molecular formula is C18H30N2O2S. The van der Waals surface area contributed by atoms with Crippen LogP contribution in [0.15, 0.2) is 11.4 Å². The van der Waals surface area contributed by atoms with Crippen LogP contribution in [0.1, 0.15) is 57.0 Å². The van der Waals surface area contributed by atoms with Gasteiger partial charge in [-0.3, -0.25) is 0 Å². The highest BCUT2D eigenvalue weighted by Crippen LogP contribution is 2.33. The predicted molar refractivity (Wildman–Crippen MR) is 96.0 cm³/mol. The lowest BCUT2D eigenvalue weighted by molar-refractivity contribution is 0.0285. The monoisotopic (exact) mass is 338 g/mol. The Balaban J connectivity index is 2.02. The summed E-state index contributed by atoms with van der Waals surface area (Å²) in [7, 11) is 0. The normalized spacial score (nSPS) is 19.9. The van der Waals surface area contributed by atoms with Crippen molar-refractivity contribution in [1.82, 2.24) is 10.2 Å². The molecule has 1 aliphatic heterocycles. The van der Waals surface area contributed by atoms with E-state index in [0.717, 1.165) is 32.5 Å². The Morgan fingerprint density at radius 3 is 2.83 bits per heavy atom. The molecule has 2 atom stereocenters. The maximum atomic E-state index is 12.3. The van der Waals surface area contributed by atoms with Crippen molar-refractivity contribution in [3.05, 3.63) is 21.9 Å². The fourth-order valence-electron chi connectivity index (χ4n) is 3.04. The van der Waals surface area contributed by atoms with Crippen molar-refractivity contribution < 1.29 is 9.53 Å². The number of likely N-dealkylation sites (tertiary alicyclic amines) is 1. The fraction of sp³-hybridized carbons (Fsp3) is 0.722. The number of nitrogens with zero attached hydrogens (tertiary/aromatic N) is 1. The molecule has 1 saturated heterocycles. The highest BCUT2D eigenvalue weighted by Gasteiger charge is 2.34. The third-order valence-electron chi connectivity index (χ3n) is 4.07. The maximum Gasteiger partial charge on any atom is 0.410 e. The number of aryl methyl sites for hydroxylation is 1. The minimum atomic E-state index is -0.431. The van der Waals surface area contributed by atoms with Crippen molar-refractivity contribution in [3.63, 3.8) is 0 Å². The summed E-state index contributed by atoms with van der Waals surface area (Å²) in [5.41, 5.74) is 0.927. The summed E-state index contributed by atoms with van der Waals surface area (Å²) in [6, 6.07) is 2.60. The van der Waals surface area contributed by atoms with Gasteiger partial charge in [0.2, 0.25) is 0 Å². The van der Waals surface area contributed by atoms with Gasteiger partial charge in [0.1, 0.15) is 5.60 Å². The smallest absolute Gasteiger partial charge is 0.410 e. The number of rotatable bonds is 5. The molecule has 1 fully saturated rings. The van der Waals surface area contributed by atoms with E-state index in [2.05, 4.69) is 30.6 Å². The van der Waals surface area contributed by atoms with Crippen molar-refractivity contribution in [2.24, 2.45) is 5.92 Å². The van der Waals surface area contributed by atoms with E-state index in [1.807, 2.05) is 25.7 Å². The van der Waals surface area contributed by atoms with Crippen LogP contribution < -0.4 is 5.32 Å². The van der Waals surface area contributed by atoms with E-state index in [9.17, 15) is 4.79 Å². The van der Waals surface area contributed by atoms with Crippen LogP contribution in [0.4, 0.5) is 4.79 Å². The van der Waals surface area contributed by atoms with Gasteiger partial charge < -0.3 is 15.0 Å². The lowest BCUT2D eigenvalue weighted by atomic mass is 9.93. The Kier molecular flexibility index (Phi) is 6.09. The summed E-state index contributed by atoms with van der Waals surface area (Å²) < 4.78 is 5.51. The zero-order valence-corrected chi connectivity index (χ0v) is 15.8. The van der Waals surface area contributed by atoms with Crippen LogP contribution in [-0.4, -0.2) is 36.2 Å². The van der Waals surface area contributed by atoms with Crippen LogP contribution in [0, 0.1) is 12.8 Å². The first-order valence-electron chi connectivity index (χ1n) is 8.56. The lowest BCUT2D eigenvalue weighted by Gasteiger charge is -2.26. The summed E-state index contributed by atoms with van der Waals surface area (Å²) in [6.07, 6.45) is 1.95. The van der Waals surface area contributed by atoms with Crippen molar-refractivity contribution in [1.29, 1.82) is 0 Å². The van der Waals surface area contributed by atoms with Crippen LogP contribution in [0.2, 0.25) is 0 Å². The zero-order chi connectivity index (χ0) is 17.0. The topological polar surface area (TPSA) is 41.6 Å². The molecule has 23 heavy (non-hydrogen) atoms. The summed E-state index contributed by atoms with van der Waals surface area (Å²) in [6.45, 7) is 12.6. The molecule has 2 heterocycles. The molecule has 1 aromatic rings. The Bertz CT molecular complexity index is 521. The van der Waals surface area contributed by atoms with Crippen molar-refractivity contribution in [3.8, 4) is 0 Å². The zero-order valence-electron chi connectivity index (χ0n) is 15.0. The third kappa shape index (κ3) is 5.21. The van der Waals surface area contributed by atoms with Gasteiger partial charge in [0.05, 0.1) is 0 Å². The molecule has 0 bridgehead atoms. The van der Waals surface area contributed by atoms with E-state index in [-0.39, 0.29) is 6.09 Å². The average Bonchev–Trinajstić information content (AvgIpc) is 3.07. The number of carbonyl (C=O) groups excluding carboxylic acids is 1. The number of thiophene rings is 1. The molecule has 1 amide bonds. The SMILES string of the molecule is CCCNC(c1csc(C)c1)C1CCN(C(=O)OC(C)(C)C)C1. The van der Waals surface area contributed by atoms with E-state index in [1.54, 1.807) is 11.3 Å². The summed E-state index contributed by atoms with van der Waals surface area (Å²) in [4.78, 5) is 15.5. The number of ether oxygens (including phenoxy) is 1. The first kappa shape index (κ1) is 18.3. The van der Waals surface area contributed by atoms with Crippen LogP contribution in [-0.2, 0) is 4.74 Å². The second kappa shape index (κ2) is 7.67. The summed E-state index contributed by atoms with van der Waals surface area (Å²) >= 11 is 1.79. The molecule has 0 radical (unpaired) electrons. The number of nitrogens with one attached hydrogen (secondary N) is 1. The quantitative estimate of drug-likeness (QED) is 0.867. The lowest BCUT2D eigenvalue weighted by Crippen LogP contribution is -2.37. The number of hydrogen-bond acceptors (Lipinski definition) is 4. The first-order valence-corrected chi connectivity index (χ1v) is 9.44. The molecule has 5 heteroatoms. The second-order valence-electron chi connectivity index (χ2n) is 7.40. The molecule has 0 aliphatic carbocycles.